The van der Waals surface area contributed by atoms with Gasteiger partial charge in [-0.05, 0) is 54.5 Å². The Hall–Kier alpha value is -2.31. The zero-order valence-electron chi connectivity index (χ0n) is 15.5. The largest absolute Gasteiger partial charge is 0.368 e. The molecule has 6 nitrogen and oxygen atoms in total. The number of hydroxylamine groups is 2. The molecule has 2 aromatic carbocycles. The number of fused-ring (bicyclic) bond motifs is 1. The first-order chi connectivity index (χ1) is 12.6. The summed E-state index contributed by atoms with van der Waals surface area (Å²) < 4.78 is 0. The normalized spacial score (nSPS) is 18.8. The fourth-order valence-electron chi connectivity index (χ4n) is 4.05. The van der Waals surface area contributed by atoms with Crippen LogP contribution < -0.4 is 11.5 Å². The summed E-state index contributed by atoms with van der Waals surface area (Å²) in [4.78, 5) is 14.9. The molecule has 1 fully saturated rings. The Bertz CT molecular complexity index is 889. The molecule has 1 heterocycles. The Balaban J connectivity index is 0.00000210. The van der Waals surface area contributed by atoms with E-state index < -0.39 is 5.66 Å². The monoisotopic (exact) mass is 387 g/mol. The fourth-order valence-corrected chi connectivity index (χ4v) is 4.05. The third-order valence-corrected chi connectivity index (χ3v) is 5.37. The summed E-state index contributed by atoms with van der Waals surface area (Å²) in [6.45, 7) is 2.53. The number of aliphatic imine (C=N–C) groups is 2. The van der Waals surface area contributed by atoms with Gasteiger partial charge in [-0.3, -0.25) is 4.84 Å². The molecule has 144 valence electrons. The maximum absolute atomic E-state index is 6.19. The number of rotatable bonds is 3. The van der Waals surface area contributed by atoms with Gasteiger partial charge in [-0.25, -0.2) is 4.99 Å². The van der Waals surface area contributed by atoms with E-state index in [9.17, 15) is 0 Å². The molecule has 0 bridgehead atoms. The quantitative estimate of drug-likeness (QED) is 0.841. The van der Waals surface area contributed by atoms with E-state index in [2.05, 4.69) is 53.3 Å². The zero-order chi connectivity index (χ0) is 18.1. The molecule has 27 heavy (non-hydrogen) atoms. The third-order valence-electron chi connectivity index (χ3n) is 5.37. The second-order valence-corrected chi connectivity index (χ2v) is 7.14. The number of nitrogens with zero attached hydrogens (tertiary/aromatic N) is 3. The smallest absolute Gasteiger partial charge is 0.226 e. The van der Waals surface area contributed by atoms with Crippen LogP contribution in [0.2, 0.25) is 0 Å². The van der Waals surface area contributed by atoms with Gasteiger partial charge in [-0.1, -0.05) is 42.8 Å². The standard InChI is InChI=1S/C20H25N5O.ClH/c1-14-9-10-15(17-8-4-3-7-16(14)17)13-26-25-19(22)23-18(21)24-20(25)11-5-2-6-12-20;/h3-4,7-10H,2,5-6,11-13H2,1H3,(H4,21,22,23,24);1H. The highest BCUT2D eigenvalue weighted by atomic mass is 35.5. The molecule has 0 amide bonds. The molecule has 1 aliphatic carbocycles. The lowest BCUT2D eigenvalue weighted by Crippen LogP contribution is -2.57. The molecular formula is C20H26ClN5O. The predicted octanol–water partition coefficient (Wildman–Crippen LogP) is 3.61. The summed E-state index contributed by atoms with van der Waals surface area (Å²) in [5.41, 5.74) is 13.9. The number of hydrogen-bond acceptors (Lipinski definition) is 6. The minimum atomic E-state index is -0.519. The summed E-state index contributed by atoms with van der Waals surface area (Å²) in [5.74, 6) is 0.529. The van der Waals surface area contributed by atoms with Crippen molar-refractivity contribution in [2.45, 2.75) is 51.3 Å². The van der Waals surface area contributed by atoms with E-state index in [-0.39, 0.29) is 24.3 Å². The number of aryl methyl sites for hydroxylation is 1. The second-order valence-electron chi connectivity index (χ2n) is 7.14. The van der Waals surface area contributed by atoms with Crippen molar-refractivity contribution in [3.63, 3.8) is 0 Å². The van der Waals surface area contributed by atoms with E-state index >= 15 is 0 Å². The number of hydrogen-bond donors (Lipinski definition) is 2. The molecule has 1 saturated carbocycles. The minimum absolute atomic E-state index is 0. The Morgan fingerprint density at radius 1 is 1.04 bits per heavy atom. The molecule has 0 atom stereocenters. The third kappa shape index (κ3) is 3.59. The molecule has 0 saturated heterocycles. The second kappa shape index (κ2) is 7.74. The Labute approximate surface area is 165 Å². The predicted molar refractivity (Wildman–Crippen MR) is 112 cm³/mol. The van der Waals surface area contributed by atoms with Gasteiger partial charge >= 0.3 is 0 Å². The van der Waals surface area contributed by atoms with Crippen molar-refractivity contribution in [1.29, 1.82) is 0 Å². The number of benzene rings is 2. The van der Waals surface area contributed by atoms with Crippen LogP contribution in [-0.2, 0) is 11.4 Å². The highest BCUT2D eigenvalue weighted by Crippen LogP contribution is 2.37. The van der Waals surface area contributed by atoms with Crippen molar-refractivity contribution in [2.24, 2.45) is 21.5 Å². The average molecular weight is 388 g/mol. The van der Waals surface area contributed by atoms with E-state index in [0.29, 0.717) is 6.61 Å². The summed E-state index contributed by atoms with van der Waals surface area (Å²) >= 11 is 0. The minimum Gasteiger partial charge on any atom is -0.368 e. The molecule has 1 aliphatic heterocycles. The van der Waals surface area contributed by atoms with Crippen LogP contribution in [0, 0.1) is 6.92 Å². The Kier molecular flexibility index (Phi) is 5.58. The van der Waals surface area contributed by atoms with Gasteiger partial charge in [-0.15, -0.1) is 12.4 Å². The van der Waals surface area contributed by atoms with Gasteiger partial charge in [0.1, 0.15) is 6.61 Å². The summed E-state index contributed by atoms with van der Waals surface area (Å²) in [6, 6.07) is 12.6. The summed E-state index contributed by atoms with van der Waals surface area (Å²) in [7, 11) is 0. The van der Waals surface area contributed by atoms with Crippen molar-refractivity contribution >= 4 is 35.1 Å². The lowest BCUT2D eigenvalue weighted by Gasteiger charge is -2.44. The first-order valence-electron chi connectivity index (χ1n) is 9.19. The van der Waals surface area contributed by atoms with Crippen molar-refractivity contribution in [1.82, 2.24) is 5.06 Å². The van der Waals surface area contributed by atoms with E-state index in [1.807, 2.05) is 0 Å². The van der Waals surface area contributed by atoms with E-state index in [1.54, 1.807) is 5.06 Å². The molecule has 7 heteroatoms. The zero-order valence-corrected chi connectivity index (χ0v) is 16.3. The molecule has 0 radical (unpaired) electrons. The number of nitrogens with two attached hydrogens (primary N) is 2. The molecule has 2 aromatic rings. The molecule has 0 unspecified atom stereocenters. The number of halogens is 1. The Morgan fingerprint density at radius 3 is 2.48 bits per heavy atom. The van der Waals surface area contributed by atoms with Gasteiger partial charge < -0.3 is 11.5 Å². The van der Waals surface area contributed by atoms with E-state index in [4.69, 9.17) is 16.3 Å². The van der Waals surface area contributed by atoms with Gasteiger partial charge in [0.25, 0.3) is 0 Å². The van der Waals surface area contributed by atoms with Gasteiger partial charge in [0.2, 0.25) is 11.9 Å². The van der Waals surface area contributed by atoms with Crippen molar-refractivity contribution in [3.05, 3.63) is 47.5 Å². The van der Waals surface area contributed by atoms with Gasteiger partial charge in [0, 0.05) is 0 Å². The van der Waals surface area contributed by atoms with E-state index in [0.717, 1.165) is 31.2 Å². The fraction of sp³-hybridized carbons (Fsp3) is 0.400. The first kappa shape index (κ1) is 19.5. The first-order valence-corrected chi connectivity index (χ1v) is 9.19. The molecule has 1 spiro atoms. The highest BCUT2D eigenvalue weighted by Gasteiger charge is 2.43. The van der Waals surface area contributed by atoms with Crippen molar-refractivity contribution in [2.75, 3.05) is 0 Å². The molecule has 4 N–H and O–H groups in total. The van der Waals surface area contributed by atoms with Crippen LogP contribution in [0.5, 0.6) is 0 Å². The van der Waals surface area contributed by atoms with Crippen molar-refractivity contribution < 1.29 is 4.84 Å². The van der Waals surface area contributed by atoms with Gasteiger partial charge in [0.15, 0.2) is 5.66 Å². The van der Waals surface area contributed by atoms with Gasteiger partial charge in [-0.2, -0.15) is 10.1 Å². The van der Waals surface area contributed by atoms with Crippen LogP contribution in [0.1, 0.15) is 43.2 Å². The molecule has 0 aromatic heterocycles. The molecule has 2 aliphatic rings. The highest BCUT2D eigenvalue weighted by molar-refractivity contribution is 5.95. The summed E-state index contributed by atoms with van der Waals surface area (Å²) in [6.07, 6.45) is 5.11. The maximum Gasteiger partial charge on any atom is 0.226 e. The SMILES string of the molecule is Cc1ccc(CON2C(N)=NC(N)=NC23CCCCC3)c2ccccc12.Cl. The van der Waals surface area contributed by atoms with Crippen LogP contribution in [0.25, 0.3) is 10.8 Å². The molecule has 4 rings (SSSR count). The lowest BCUT2D eigenvalue weighted by atomic mass is 9.89. The lowest BCUT2D eigenvalue weighted by molar-refractivity contribution is -0.185. The van der Waals surface area contributed by atoms with E-state index in [1.165, 1.54) is 22.8 Å². The average Bonchev–Trinajstić information content (AvgIpc) is 2.63. The molecular weight excluding hydrogens is 362 g/mol. The van der Waals surface area contributed by atoms with Gasteiger partial charge in [0.05, 0.1) is 0 Å². The summed E-state index contributed by atoms with van der Waals surface area (Å²) in [5, 5.41) is 4.13. The topological polar surface area (TPSA) is 89.2 Å². The van der Waals surface area contributed by atoms with Crippen LogP contribution in [-0.4, -0.2) is 22.6 Å². The van der Waals surface area contributed by atoms with Crippen LogP contribution in [0.15, 0.2) is 46.4 Å². The van der Waals surface area contributed by atoms with Crippen molar-refractivity contribution in [3.8, 4) is 0 Å². The number of guanidine groups is 2. The maximum atomic E-state index is 6.19. The Morgan fingerprint density at radius 2 is 1.74 bits per heavy atom. The van der Waals surface area contributed by atoms with Crippen LogP contribution in [0.3, 0.4) is 0 Å². The van der Waals surface area contributed by atoms with Crippen LogP contribution >= 0.6 is 12.4 Å². The van der Waals surface area contributed by atoms with Crippen LogP contribution in [0.4, 0.5) is 0 Å².